The van der Waals surface area contributed by atoms with E-state index in [2.05, 4.69) is 68.5 Å². The molecular weight excluding hydrogens is 1250 g/mol. The van der Waals surface area contributed by atoms with Crippen LogP contribution in [0.2, 0.25) is 0 Å². The van der Waals surface area contributed by atoms with Gasteiger partial charge in [-0.15, -0.1) is 0 Å². The van der Waals surface area contributed by atoms with Crippen molar-refractivity contribution < 1.29 is 49.2 Å². The number of hydrogen-bond donors (Lipinski definition) is 2. The van der Waals surface area contributed by atoms with Crippen LogP contribution in [-0.4, -0.2) is 80.2 Å². The van der Waals surface area contributed by atoms with Crippen molar-refractivity contribution in [1.29, 1.82) is 0 Å². The van der Waals surface area contributed by atoms with Gasteiger partial charge in [0.05, 0.1) is 0 Å². The van der Waals surface area contributed by atoms with E-state index in [1.165, 1.54) is 22.3 Å². The minimum absolute atomic E-state index is 0. The molecule has 0 unspecified atom stereocenters. The maximum Gasteiger partial charge on any atom is 2.00 e. The van der Waals surface area contributed by atoms with Crippen molar-refractivity contribution in [2.45, 2.75) is 66.2 Å². The van der Waals surface area contributed by atoms with Crippen LogP contribution in [0.1, 0.15) is 58.4 Å². The first-order valence-electron chi connectivity index (χ1n) is 24.6. The summed E-state index contributed by atoms with van der Waals surface area (Å²) in [4.78, 5) is 24.4. The van der Waals surface area contributed by atoms with Gasteiger partial charge in [-0.1, -0.05) is 163 Å². The fourth-order valence-electron chi connectivity index (χ4n) is 6.80. The molecule has 4 aromatic carbocycles. The van der Waals surface area contributed by atoms with Crippen LogP contribution in [0, 0.1) is 0 Å². The van der Waals surface area contributed by atoms with Crippen LogP contribution in [0.25, 0.3) is 0 Å². The Morgan fingerprint density at radius 3 is 0.600 bits per heavy atom. The summed E-state index contributed by atoms with van der Waals surface area (Å²) in [6.07, 6.45) is 14.4. The molecule has 0 aliphatic carbocycles. The van der Waals surface area contributed by atoms with Gasteiger partial charge < -0.3 is 129 Å². The van der Waals surface area contributed by atoms with Gasteiger partial charge >= 0.3 is 39.0 Å². The van der Waals surface area contributed by atoms with Gasteiger partial charge in [-0.25, -0.2) is 0 Å². The van der Waals surface area contributed by atoms with E-state index in [1.807, 2.05) is 166 Å². The Hall–Kier alpha value is -4.91. The van der Waals surface area contributed by atoms with Crippen LogP contribution in [0.3, 0.4) is 0 Å². The first kappa shape index (κ1) is 73.1. The number of thiocarbonyl (C=S) groups is 4. The summed E-state index contributed by atoms with van der Waals surface area (Å²) in [5.74, 6) is 0. The van der Waals surface area contributed by atoms with Crippen LogP contribution in [0.5, 0.6) is 0 Å². The Balaban J connectivity index is 0.000000511. The molecule has 80 heavy (non-hydrogen) atoms. The normalized spacial score (nSPS) is 9.45. The Morgan fingerprint density at radius 2 is 0.463 bits per heavy atom. The molecule has 0 saturated heterocycles. The number of pyridine rings is 4. The fourth-order valence-corrected chi connectivity index (χ4v) is 7.84. The quantitative estimate of drug-likeness (QED) is 0.0544. The second-order valence-corrected chi connectivity index (χ2v) is 20.6. The van der Waals surface area contributed by atoms with E-state index in [4.69, 9.17) is 110 Å². The van der Waals surface area contributed by atoms with Crippen molar-refractivity contribution in [3.63, 3.8) is 0 Å². The molecule has 408 valence electrons. The van der Waals surface area contributed by atoms with Crippen LogP contribution in [-0.2, 0) is 142 Å². The maximum atomic E-state index is 7.57. The number of nitrogens with zero attached hydrogens (tertiary/aromatic N) is 8. The van der Waals surface area contributed by atoms with Crippen molar-refractivity contribution in [2.75, 3.05) is 13.2 Å². The predicted molar refractivity (Wildman–Crippen MR) is 345 cm³/mol. The summed E-state index contributed by atoms with van der Waals surface area (Å²) in [5.41, 5.74) is 9.26. The minimum atomic E-state index is 0. The fraction of sp³-hybridized carbons (Fsp3) is 0.200. The molecule has 20 heteroatoms. The van der Waals surface area contributed by atoms with Crippen molar-refractivity contribution in [3.05, 3.63) is 264 Å². The monoisotopic (exact) mass is 1310 g/mol. The topological polar surface area (TPSA) is 105 Å². The molecule has 2 N–H and O–H groups in total. The Morgan fingerprint density at radius 1 is 0.312 bits per heavy atom. The van der Waals surface area contributed by atoms with Crippen molar-refractivity contribution in [3.8, 4) is 0 Å². The van der Waals surface area contributed by atoms with E-state index in [0.29, 0.717) is 43.5 Å². The third kappa shape index (κ3) is 33.1. The molecule has 0 radical (unpaired) electrons. The van der Waals surface area contributed by atoms with Gasteiger partial charge in [0.25, 0.3) is 0 Å². The molecule has 0 amide bonds. The summed E-state index contributed by atoms with van der Waals surface area (Å²) in [5, 5.41) is 15.1. The average Bonchev–Trinajstić information content (AvgIpc) is 3.45. The smallest absolute Gasteiger partial charge is 0.411 e. The molecule has 0 fully saturated rings. The van der Waals surface area contributed by atoms with Crippen molar-refractivity contribution >= 4 is 117 Å². The van der Waals surface area contributed by atoms with Gasteiger partial charge in [-0.3, -0.25) is 19.9 Å². The number of aliphatic hydroxyl groups is 2. The third-order valence-electron chi connectivity index (χ3n) is 10.3. The van der Waals surface area contributed by atoms with E-state index < -0.39 is 0 Å². The standard InChI is InChI=1S/4C14H14N2S2.2C2H6O.2Zn/c4*17-14(18)16(10-12-5-2-1-3-6-12)11-13-7-4-8-15-9-13;2*1-2-3;;/h4*1-9H,10-11H2,(H,17,18);2*3H,2H2,1H3;;/q;;;;;;2*+2/p-4. The van der Waals surface area contributed by atoms with E-state index in [0.717, 1.165) is 48.4 Å². The Labute approximate surface area is 543 Å². The number of benzene rings is 4. The average molecular weight is 1320 g/mol. The molecule has 0 aliphatic heterocycles. The van der Waals surface area contributed by atoms with Gasteiger partial charge in [-0.2, -0.15) is 0 Å². The molecule has 8 aromatic rings. The number of rotatable bonds is 16. The molecule has 4 aromatic heterocycles. The summed E-state index contributed by atoms with van der Waals surface area (Å²) < 4.78 is 1.95. The second kappa shape index (κ2) is 45.7. The molecule has 0 aliphatic rings. The molecule has 0 bridgehead atoms. The number of aliphatic hydroxyl groups excluding tert-OH is 2. The predicted octanol–water partition coefficient (Wildman–Crippen LogP) is 11.7. The third-order valence-corrected chi connectivity index (χ3v) is 12.3. The number of aromatic nitrogens is 4. The zero-order valence-corrected chi connectivity index (χ0v) is 57.5. The van der Waals surface area contributed by atoms with Gasteiger partial charge in [0, 0.05) is 115 Å². The molecule has 8 rings (SSSR count). The van der Waals surface area contributed by atoms with Gasteiger partial charge in [0.2, 0.25) is 0 Å². The minimum Gasteiger partial charge on any atom is -0.411 e. The van der Waals surface area contributed by atoms with Crippen LogP contribution < -0.4 is 0 Å². The van der Waals surface area contributed by atoms with Crippen molar-refractivity contribution in [1.82, 2.24) is 39.5 Å². The Bertz CT molecular complexity index is 2280. The van der Waals surface area contributed by atoms with Crippen molar-refractivity contribution in [2.24, 2.45) is 0 Å². The van der Waals surface area contributed by atoms with E-state index in [-0.39, 0.29) is 52.2 Å². The van der Waals surface area contributed by atoms with E-state index in [1.54, 1.807) is 38.6 Å². The van der Waals surface area contributed by atoms with Gasteiger partial charge in [0.15, 0.2) is 0 Å². The van der Waals surface area contributed by atoms with Gasteiger partial charge in [0.1, 0.15) is 0 Å². The SMILES string of the molecule is CCO.CCO.S=C([S-])N(Cc1ccccc1)Cc1cccnc1.S=C([S-])N(Cc1ccccc1)Cc1cccnc1.S=C([S-])N(Cc1ccccc1)Cc1cccnc1.S=C([S-])N(Cc1ccccc1)Cc1cccnc1.[Zn+2].[Zn+2]. The summed E-state index contributed by atoms with van der Waals surface area (Å²) in [7, 11) is 0. The zero-order chi connectivity index (χ0) is 56.6. The van der Waals surface area contributed by atoms with E-state index in [9.17, 15) is 0 Å². The maximum absolute atomic E-state index is 7.57. The molecule has 10 nitrogen and oxygen atoms in total. The zero-order valence-electron chi connectivity index (χ0n) is 45.0. The summed E-state index contributed by atoms with van der Waals surface area (Å²) in [6.45, 7) is 9.60. The number of hydrogen-bond acceptors (Lipinski definition) is 14. The van der Waals surface area contributed by atoms with Gasteiger partial charge in [-0.05, 0) is 82.6 Å². The summed E-state index contributed by atoms with van der Waals surface area (Å²) in [6, 6.07) is 56.5. The van der Waals surface area contributed by atoms with Crippen LogP contribution >= 0.6 is 48.9 Å². The molecule has 0 spiro atoms. The second-order valence-electron chi connectivity index (χ2n) is 16.5. The first-order chi connectivity index (χ1) is 37.8. The Kier molecular flexibility index (Phi) is 41.7. The largest absolute Gasteiger partial charge is 2.00 e. The molecular formula is C60H64N8O2S8Zn2. The van der Waals surface area contributed by atoms with Crippen LogP contribution in [0.4, 0.5) is 0 Å². The van der Waals surface area contributed by atoms with Crippen LogP contribution in [0.15, 0.2) is 219 Å². The molecule has 0 saturated carbocycles. The van der Waals surface area contributed by atoms with E-state index >= 15 is 0 Å². The molecule has 0 atom stereocenters. The summed E-state index contributed by atoms with van der Waals surface area (Å²) >= 11 is 41.1. The molecule has 4 heterocycles. The first-order valence-corrected chi connectivity index (χ1v) is 27.9.